The second-order valence-corrected chi connectivity index (χ2v) is 5.05. The van der Waals surface area contributed by atoms with E-state index in [9.17, 15) is 14.7 Å². The van der Waals surface area contributed by atoms with E-state index in [4.69, 9.17) is 9.47 Å². The fourth-order valence-electron chi connectivity index (χ4n) is 2.24. The molecular weight excluding hydrogens is 314 g/mol. The Bertz CT molecular complexity index is 494. The summed E-state index contributed by atoms with van der Waals surface area (Å²) in [4.78, 5) is 26.8. The van der Waals surface area contributed by atoms with Crippen molar-refractivity contribution in [2.75, 3.05) is 19.8 Å². The predicted molar refractivity (Wildman–Crippen MR) is 87.1 cm³/mol. The Morgan fingerprint density at radius 1 is 1.29 bits per heavy atom. The highest BCUT2D eigenvalue weighted by molar-refractivity contribution is 5.70. The summed E-state index contributed by atoms with van der Waals surface area (Å²) in [6.45, 7) is 6.52. The molecule has 1 amide bonds. The highest BCUT2D eigenvalue weighted by Gasteiger charge is 2.29. The molecule has 0 aliphatic rings. The van der Waals surface area contributed by atoms with Crippen molar-refractivity contribution in [3.05, 3.63) is 30.1 Å². The van der Waals surface area contributed by atoms with Gasteiger partial charge in [0, 0.05) is 32.2 Å². The molecule has 8 nitrogen and oxygen atoms in total. The second-order valence-electron chi connectivity index (χ2n) is 5.05. The van der Waals surface area contributed by atoms with Crippen LogP contribution in [-0.2, 0) is 20.8 Å². The number of hydrogen-bond donors (Lipinski definition) is 1. The summed E-state index contributed by atoms with van der Waals surface area (Å²) in [7, 11) is 0. The van der Waals surface area contributed by atoms with Gasteiger partial charge in [0.15, 0.2) is 6.29 Å². The van der Waals surface area contributed by atoms with Crippen molar-refractivity contribution in [2.24, 2.45) is 0 Å². The maximum atomic E-state index is 11.7. The topological polar surface area (TPSA) is 92.2 Å². The van der Waals surface area contributed by atoms with E-state index >= 15 is 0 Å². The lowest BCUT2D eigenvalue weighted by atomic mass is 10.2. The number of carbonyl (C=O) groups is 2. The van der Waals surface area contributed by atoms with Gasteiger partial charge in [-0.2, -0.15) is 0 Å². The number of rotatable bonds is 11. The molecule has 1 N–H and O–H groups in total. The number of amides is 1. The third-order valence-electron chi connectivity index (χ3n) is 3.26. The van der Waals surface area contributed by atoms with Crippen molar-refractivity contribution in [1.82, 2.24) is 15.0 Å². The van der Waals surface area contributed by atoms with E-state index in [0.29, 0.717) is 19.5 Å². The monoisotopic (exact) mass is 339 g/mol. The van der Waals surface area contributed by atoms with Crippen LogP contribution < -0.4 is 0 Å². The van der Waals surface area contributed by atoms with Crippen molar-refractivity contribution in [1.29, 1.82) is 0 Å². The van der Waals surface area contributed by atoms with Gasteiger partial charge in [-0.25, -0.2) is 14.8 Å². The first kappa shape index (κ1) is 20.0. The molecule has 0 bridgehead atoms. The van der Waals surface area contributed by atoms with Gasteiger partial charge in [0.05, 0.1) is 6.54 Å². The molecule has 8 heteroatoms. The van der Waals surface area contributed by atoms with Crippen LogP contribution in [0.2, 0.25) is 0 Å². The largest absolute Gasteiger partial charge is 0.464 e. The van der Waals surface area contributed by atoms with Crippen molar-refractivity contribution < 1.29 is 24.2 Å². The number of nitrogens with zero attached hydrogens (tertiary/aromatic N) is 3. The van der Waals surface area contributed by atoms with Crippen molar-refractivity contribution in [3.8, 4) is 0 Å². The molecule has 0 fully saturated rings. The first-order valence-electron chi connectivity index (χ1n) is 7.87. The zero-order chi connectivity index (χ0) is 17.9. The van der Waals surface area contributed by atoms with Gasteiger partial charge in [0.25, 0.3) is 0 Å². The van der Waals surface area contributed by atoms with E-state index in [-0.39, 0.29) is 13.1 Å². The van der Waals surface area contributed by atoms with Crippen LogP contribution in [0.25, 0.3) is 0 Å². The summed E-state index contributed by atoms with van der Waals surface area (Å²) < 4.78 is 11.0. The SMILES string of the molecule is CCOC(CN(Cc1ccncc1)N(C(=O)O)C(C)C=O)OCC. The Balaban J connectivity index is 3.03. The maximum absolute atomic E-state index is 11.7. The lowest BCUT2D eigenvalue weighted by Gasteiger charge is -2.36. The van der Waals surface area contributed by atoms with Crippen molar-refractivity contribution in [2.45, 2.75) is 39.6 Å². The average Bonchev–Trinajstić information content (AvgIpc) is 2.55. The molecule has 0 spiro atoms. The van der Waals surface area contributed by atoms with Crippen molar-refractivity contribution >= 4 is 12.4 Å². The summed E-state index contributed by atoms with van der Waals surface area (Å²) in [6, 6.07) is 2.75. The molecular formula is C16H25N3O5. The number of carbonyl (C=O) groups excluding carboxylic acids is 1. The first-order valence-corrected chi connectivity index (χ1v) is 7.87. The molecule has 1 unspecified atom stereocenters. The van der Waals surface area contributed by atoms with Gasteiger partial charge in [-0.15, -0.1) is 0 Å². The molecule has 0 aliphatic carbocycles. The molecule has 1 rings (SSSR count). The Morgan fingerprint density at radius 2 is 1.88 bits per heavy atom. The number of ether oxygens (including phenoxy) is 2. The Hall–Kier alpha value is -2.03. The molecule has 24 heavy (non-hydrogen) atoms. The highest BCUT2D eigenvalue weighted by Crippen LogP contribution is 2.13. The standard InChI is InChI=1S/C16H25N3O5/c1-4-23-15(24-5-2)11-18(10-14-6-8-17-9-7-14)19(16(21)22)13(3)12-20/h6-9,12-13,15H,4-5,10-11H2,1-3H3,(H,21,22). The van der Waals surface area contributed by atoms with Gasteiger partial charge in [0.1, 0.15) is 12.3 Å². The first-order chi connectivity index (χ1) is 11.5. The third kappa shape index (κ3) is 6.23. The van der Waals surface area contributed by atoms with Crippen molar-refractivity contribution in [3.63, 3.8) is 0 Å². The van der Waals surface area contributed by atoms with E-state index in [2.05, 4.69) is 4.98 Å². The molecule has 0 saturated carbocycles. The normalized spacial score (nSPS) is 12.4. The minimum absolute atomic E-state index is 0.175. The fraction of sp³-hybridized carbons (Fsp3) is 0.562. The molecule has 1 atom stereocenters. The lowest BCUT2D eigenvalue weighted by molar-refractivity contribution is -0.175. The minimum Gasteiger partial charge on any atom is -0.464 e. The smallest absolute Gasteiger partial charge is 0.422 e. The Morgan fingerprint density at radius 3 is 2.33 bits per heavy atom. The van der Waals surface area contributed by atoms with Gasteiger partial charge in [-0.1, -0.05) is 0 Å². The second kappa shape index (κ2) is 10.7. The van der Waals surface area contributed by atoms with E-state index in [1.165, 1.54) is 11.9 Å². The van der Waals surface area contributed by atoms with Crippen LogP contribution in [-0.4, -0.2) is 64.6 Å². The highest BCUT2D eigenvalue weighted by atomic mass is 16.7. The van der Waals surface area contributed by atoms with Crippen LogP contribution >= 0.6 is 0 Å². The van der Waals surface area contributed by atoms with Gasteiger partial charge < -0.3 is 19.4 Å². The molecule has 134 valence electrons. The fourth-order valence-corrected chi connectivity index (χ4v) is 2.24. The van der Waals surface area contributed by atoms with Gasteiger partial charge in [-0.3, -0.25) is 4.98 Å². The summed E-state index contributed by atoms with van der Waals surface area (Å²) in [5.41, 5.74) is 0.862. The molecule has 0 radical (unpaired) electrons. The predicted octanol–water partition coefficient (Wildman–Crippen LogP) is 1.77. The van der Waals surface area contributed by atoms with E-state index in [1.54, 1.807) is 24.5 Å². The molecule has 0 aromatic carbocycles. The van der Waals surface area contributed by atoms with Crippen LogP contribution in [0.3, 0.4) is 0 Å². The molecule has 0 saturated heterocycles. The number of hydrogen-bond acceptors (Lipinski definition) is 6. The number of aromatic nitrogens is 1. The quantitative estimate of drug-likeness (QED) is 0.373. The molecule has 1 aromatic rings. The van der Waals surface area contributed by atoms with E-state index < -0.39 is 18.4 Å². The zero-order valence-corrected chi connectivity index (χ0v) is 14.3. The number of aldehydes is 1. The van der Waals surface area contributed by atoms with Gasteiger partial charge in [0.2, 0.25) is 0 Å². The summed E-state index contributed by atoms with van der Waals surface area (Å²) in [5.74, 6) is 0. The third-order valence-corrected chi connectivity index (χ3v) is 3.26. The molecule has 1 heterocycles. The molecule has 0 aliphatic heterocycles. The van der Waals surface area contributed by atoms with E-state index in [1.807, 2.05) is 13.8 Å². The van der Waals surface area contributed by atoms with Crippen LogP contribution in [0.15, 0.2) is 24.5 Å². The summed E-state index contributed by atoms with van der Waals surface area (Å²) in [6.07, 6.45) is 2.04. The lowest BCUT2D eigenvalue weighted by Crippen LogP contribution is -2.53. The zero-order valence-electron chi connectivity index (χ0n) is 14.3. The molecule has 1 aromatic heterocycles. The Labute approximate surface area is 141 Å². The van der Waals surface area contributed by atoms with Gasteiger partial charge in [-0.05, 0) is 38.5 Å². The van der Waals surface area contributed by atoms with Gasteiger partial charge >= 0.3 is 6.09 Å². The van der Waals surface area contributed by atoms with Crippen LogP contribution in [0.1, 0.15) is 26.3 Å². The summed E-state index contributed by atoms with van der Waals surface area (Å²) in [5, 5.41) is 12.1. The van der Waals surface area contributed by atoms with Crippen LogP contribution in [0.4, 0.5) is 4.79 Å². The maximum Gasteiger partial charge on any atom is 0.422 e. The Kier molecular flexibility index (Phi) is 8.92. The van der Waals surface area contributed by atoms with Crippen LogP contribution in [0, 0.1) is 0 Å². The number of hydrazine groups is 1. The average molecular weight is 339 g/mol. The number of carboxylic acid groups (broad SMARTS) is 1. The minimum atomic E-state index is -1.21. The van der Waals surface area contributed by atoms with Crippen LogP contribution in [0.5, 0.6) is 0 Å². The number of pyridine rings is 1. The summed E-state index contributed by atoms with van der Waals surface area (Å²) >= 11 is 0. The van der Waals surface area contributed by atoms with E-state index in [0.717, 1.165) is 10.6 Å².